The van der Waals surface area contributed by atoms with Crippen LogP contribution in [0.1, 0.15) is 46.7 Å². The van der Waals surface area contributed by atoms with Crippen molar-refractivity contribution in [1.82, 2.24) is 15.1 Å². The molecule has 0 bridgehead atoms. The van der Waals surface area contributed by atoms with E-state index in [9.17, 15) is 0 Å². The van der Waals surface area contributed by atoms with Gasteiger partial charge in [0.1, 0.15) is 0 Å². The van der Waals surface area contributed by atoms with E-state index in [0.29, 0.717) is 5.41 Å². The first kappa shape index (κ1) is 14.2. The zero-order valence-electron chi connectivity index (χ0n) is 12.2. The van der Waals surface area contributed by atoms with E-state index in [1.54, 1.807) is 0 Å². The second kappa shape index (κ2) is 5.21. The van der Waals surface area contributed by atoms with Gasteiger partial charge in [0.05, 0.1) is 0 Å². The van der Waals surface area contributed by atoms with Gasteiger partial charge in [0.25, 0.3) is 0 Å². The van der Waals surface area contributed by atoms with E-state index in [0.717, 1.165) is 13.0 Å². The Morgan fingerprint density at radius 3 is 2.35 bits per heavy atom. The van der Waals surface area contributed by atoms with Crippen LogP contribution >= 0.6 is 0 Å². The molecule has 0 unspecified atom stereocenters. The fraction of sp³-hybridized carbons (Fsp3) is 0.786. The normalized spacial score (nSPS) is 13.1. The van der Waals surface area contributed by atoms with Crippen molar-refractivity contribution in [2.24, 2.45) is 12.5 Å². The van der Waals surface area contributed by atoms with E-state index in [-0.39, 0.29) is 5.54 Å². The first-order chi connectivity index (χ1) is 7.70. The first-order valence-electron chi connectivity index (χ1n) is 6.42. The van der Waals surface area contributed by atoms with Crippen molar-refractivity contribution in [3.63, 3.8) is 0 Å². The van der Waals surface area contributed by atoms with Crippen molar-refractivity contribution in [2.75, 3.05) is 6.54 Å². The minimum atomic E-state index is 0.191. The lowest BCUT2D eigenvalue weighted by Gasteiger charge is -2.33. The maximum absolute atomic E-state index is 4.18. The van der Waals surface area contributed by atoms with Gasteiger partial charge in [-0.15, -0.1) is 0 Å². The summed E-state index contributed by atoms with van der Waals surface area (Å²) in [6.07, 6.45) is 4.06. The number of rotatable bonds is 5. The standard InChI is InChI=1S/C14H27N3/c1-13(2,3)11-14(4,5)15-9-7-12-8-10-16-17(12)6/h8,10,15H,7,9,11H2,1-6H3. The highest BCUT2D eigenvalue weighted by Gasteiger charge is 2.24. The Morgan fingerprint density at radius 1 is 1.24 bits per heavy atom. The Balaban J connectivity index is 2.38. The third-order valence-corrected chi connectivity index (χ3v) is 2.88. The predicted molar refractivity (Wildman–Crippen MR) is 73.1 cm³/mol. The Morgan fingerprint density at radius 2 is 1.88 bits per heavy atom. The lowest BCUT2D eigenvalue weighted by atomic mass is 9.82. The summed E-state index contributed by atoms with van der Waals surface area (Å²) in [5, 5.41) is 7.82. The molecule has 0 saturated heterocycles. The molecule has 3 heteroatoms. The molecule has 17 heavy (non-hydrogen) atoms. The van der Waals surface area contributed by atoms with Crippen LogP contribution < -0.4 is 5.32 Å². The molecule has 0 aliphatic rings. The summed E-state index contributed by atoms with van der Waals surface area (Å²) in [4.78, 5) is 0. The third kappa shape index (κ3) is 5.35. The summed E-state index contributed by atoms with van der Waals surface area (Å²) in [6, 6.07) is 2.08. The zero-order chi connectivity index (χ0) is 13.1. The molecule has 0 radical (unpaired) electrons. The highest BCUT2D eigenvalue weighted by molar-refractivity contribution is 5.00. The average Bonchev–Trinajstić information content (AvgIpc) is 2.47. The van der Waals surface area contributed by atoms with Crippen LogP contribution in [-0.4, -0.2) is 21.9 Å². The lowest BCUT2D eigenvalue weighted by molar-refractivity contribution is 0.243. The summed E-state index contributed by atoms with van der Waals surface area (Å²) >= 11 is 0. The van der Waals surface area contributed by atoms with Gasteiger partial charge in [-0.3, -0.25) is 4.68 Å². The van der Waals surface area contributed by atoms with E-state index in [1.165, 1.54) is 12.1 Å². The van der Waals surface area contributed by atoms with Gasteiger partial charge in [-0.1, -0.05) is 20.8 Å². The van der Waals surface area contributed by atoms with Gasteiger partial charge in [0.15, 0.2) is 0 Å². The van der Waals surface area contributed by atoms with E-state index >= 15 is 0 Å². The molecule has 98 valence electrons. The number of nitrogens with zero attached hydrogens (tertiary/aromatic N) is 2. The van der Waals surface area contributed by atoms with Crippen molar-refractivity contribution in [3.8, 4) is 0 Å². The van der Waals surface area contributed by atoms with Gasteiger partial charge in [0.2, 0.25) is 0 Å². The number of hydrogen-bond acceptors (Lipinski definition) is 2. The number of nitrogens with one attached hydrogen (secondary N) is 1. The van der Waals surface area contributed by atoms with Crippen molar-refractivity contribution in [2.45, 2.75) is 53.0 Å². The molecule has 1 aromatic heterocycles. The quantitative estimate of drug-likeness (QED) is 0.853. The summed E-state index contributed by atoms with van der Waals surface area (Å²) < 4.78 is 1.94. The maximum atomic E-state index is 4.18. The van der Waals surface area contributed by atoms with Crippen molar-refractivity contribution < 1.29 is 0 Å². The molecule has 0 spiro atoms. The molecular formula is C14H27N3. The molecule has 1 N–H and O–H groups in total. The summed E-state index contributed by atoms with van der Waals surface area (Å²) in [6.45, 7) is 12.4. The van der Waals surface area contributed by atoms with Crippen LogP contribution in [0.5, 0.6) is 0 Å². The smallest absolute Gasteiger partial charge is 0.0492 e. The van der Waals surface area contributed by atoms with Crippen LogP contribution in [0.15, 0.2) is 12.3 Å². The van der Waals surface area contributed by atoms with Gasteiger partial charge in [-0.2, -0.15) is 5.10 Å². The Bertz CT molecular complexity index is 345. The molecule has 1 heterocycles. The van der Waals surface area contributed by atoms with Gasteiger partial charge < -0.3 is 5.32 Å². The highest BCUT2D eigenvalue weighted by Crippen LogP contribution is 2.26. The van der Waals surface area contributed by atoms with Crippen LogP contribution in [0.2, 0.25) is 0 Å². The molecule has 0 saturated carbocycles. The van der Waals surface area contributed by atoms with E-state index < -0.39 is 0 Å². The third-order valence-electron chi connectivity index (χ3n) is 2.88. The molecule has 0 aromatic carbocycles. The molecule has 3 nitrogen and oxygen atoms in total. The second-order valence-electron chi connectivity index (χ2n) is 6.74. The van der Waals surface area contributed by atoms with E-state index in [1.807, 2.05) is 17.9 Å². The number of aromatic nitrogens is 2. The average molecular weight is 237 g/mol. The summed E-state index contributed by atoms with van der Waals surface area (Å²) in [7, 11) is 2.00. The molecule has 1 rings (SSSR count). The molecule has 0 aliphatic carbocycles. The Labute approximate surface area is 106 Å². The Kier molecular flexibility index (Phi) is 4.36. The SMILES string of the molecule is Cn1nccc1CCNC(C)(C)CC(C)(C)C. The largest absolute Gasteiger partial charge is 0.311 e. The van der Waals surface area contributed by atoms with Crippen molar-refractivity contribution in [3.05, 3.63) is 18.0 Å². The molecular weight excluding hydrogens is 210 g/mol. The molecule has 0 amide bonds. The van der Waals surface area contributed by atoms with Crippen LogP contribution in [0.25, 0.3) is 0 Å². The van der Waals surface area contributed by atoms with Crippen molar-refractivity contribution >= 4 is 0 Å². The summed E-state index contributed by atoms with van der Waals surface area (Å²) in [5.74, 6) is 0. The monoisotopic (exact) mass is 237 g/mol. The second-order valence-corrected chi connectivity index (χ2v) is 6.74. The highest BCUT2D eigenvalue weighted by atomic mass is 15.3. The predicted octanol–water partition coefficient (Wildman–Crippen LogP) is 2.77. The molecule has 0 atom stereocenters. The summed E-state index contributed by atoms with van der Waals surface area (Å²) in [5.41, 5.74) is 1.84. The maximum Gasteiger partial charge on any atom is 0.0492 e. The number of aryl methyl sites for hydroxylation is 1. The van der Waals surface area contributed by atoms with Gasteiger partial charge in [0, 0.05) is 37.4 Å². The van der Waals surface area contributed by atoms with E-state index in [4.69, 9.17) is 0 Å². The van der Waals surface area contributed by atoms with Crippen LogP contribution in [0.3, 0.4) is 0 Å². The van der Waals surface area contributed by atoms with E-state index in [2.05, 4.69) is 51.1 Å². The van der Waals surface area contributed by atoms with Crippen LogP contribution in [0.4, 0.5) is 0 Å². The molecule has 0 aliphatic heterocycles. The van der Waals surface area contributed by atoms with Crippen molar-refractivity contribution in [1.29, 1.82) is 0 Å². The van der Waals surface area contributed by atoms with Crippen LogP contribution in [0, 0.1) is 5.41 Å². The number of hydrogen-bond donors (Lipinski definition) is 1. The fourth-order valence-corrected chi connectivity index (χ4v) is 2.56. The minimum Gasteiger partial charge on any atom is -0.311 e. The van der Waals surface area contributed by atoms with Gasteiger partial charge >= 0.3 is 0 Å². The van der Waals surface area contributed by atoms with Gasteiger partial charge in [-0.25, -0.2) is 0 Å². The first-order valence-corrected chi connectivity index (χ1v) is 6.42. The van der Waals surface area contributed by atoms with Crippen LogP contribution in [-0.2, 0) is 13.5 Å². The molecule has 1 aromatic rings. The minimum absolute atomic E-state index is 0.191. The zero-order valence-corrected chi connectivity index (χ0v) is 12.2. The topological polar surface area (TPSA) is 29.9 Å². The molecule has 0 fully saturated rings. The fourth-order valence-electron chi connectivity index (χ4n) is 2.56. The Hall–Kier alpha value is -0.830. The lowest BCUT2D eigenvalue weighted by Crippen LogP contribution is -2.43. The van der Waals surface area contributed by atoms with Gasteiger partial charge in [-0.05, 0) is 31.7 Å².